The van der Waals surface area contributed by atoms with Gasteiger partial charge in [-0.3, -0.25) is 4.79 Å². The fourth-order valence-corrected chi connectivity index (χ4v) is 3.82. The van der Waals surface area contributed by atoms with E-state index in [1.54, 1.807) is 35.1 Å². The van der Waals surface area contributed by atoms with Crippen LogP contribution in [0.3, 0.4) is 0 Å². The standard InChI is InChI=1S/C16H18N4OS2/c1-2-14-17-4-6-20(14)10-15(21)19-13(16-18-5-8-23-16)9-12-3-7-22-11-12/h3-8,11,13H,2,9-10H2,1H3,(H,19,21)/t13-/m0/s1. The van der Waals surface area contributed by atoms with Gasteiger partial charge in [0, 0.05) is 36.8 Å². The Balaban J connectivity index is 1.69. The van der Waals surface area contributed by atoms with Crippen LogP contribution in [0, 0.1) is 0 Å². The molecule has 23 heavy (non-hydrogen) atoms. The molecule has 120 valence electrons. The van der Waals surface area contributed by atoms with E-state index in [2.05, 4.69) is 32.1 Å². The molecule has 0 aliphatic heterocycles. The fourth-order valence-electron chi connectivity index (χ4n) is 2.44. The lowest BCUT2D eigenvalue weighted by Gasteiger charge is -2.17. The van der Waals surface area contributed by atoms with Gasteiger partial charge in [-0.05, 0) is 22.4 Å². The third-order valence-corrected chi connectivity index (χ3v) is 5.16. The van der Waals surface area contributed by atoms with E-state index in [-0.39, 0.29) is 18.5 Å². The van der Waals surface area contributed by atoms with Gasteiger partial charge in [0.2, 0.25) is 5.91 Å². The predicted molar refractivity (Wildman–Crippen MR) is 92.6 cm³/mol. The van der Waals surface area contributed by atoms with E-state index >= 15 is 0 Å². The maximum atomic E-state index is 12.4. The fraction of sp³-hybridized carbons (Fsp3) is 0.312. The highest BCUT2D eigenvalue weighted by molar-refractivity contribution is 7.09. The van der Waals surface area contributed by atoms with E-state index in [9.17, 15) is 4.79 Å². The molecule has 1 atom stereocenters. The first-order chi connectivity index (χ1) is 11.3. The van der Waals surface area contributed by atoms with Gasteiger partial charge in [-0.2, -0.15) is 11.3 Å². The molecule has 0 aliphatic rings. The van der Waals surface area contributed by atoms with Crippen molar-refractivity contribution in [2.24, 2.45) is 0 Å². The molecule has 0 fully saturated rings. The Morgan fingerprint density at radius 1 is 1.35 bits per heavy atom. The lowest BCUT2D eigenvalue weighted by molar-refractivity contribution is -0.122. The van der Waals surface area contributed by atoms with Gasteiger partial charge < -0.3 is 9.88 Å². The van der Waals surface area contributed by atoms with Crippen LogP contribution < -0.4 is 5.32 Å². The molecule has 0 aromatic carbocycles. The minimum atomic E-state index is -0.0919. The van der Waals surface area contributed by atoms with Crippen molar-refractivity contribution in [1.29, 1.82) is 0 Å². The van der Waals surface area contributed by atoms with Crippen LogP contribution in [-0.4, -0.2) is 20.4 Å². The minimum Gasteiger partial charge on any atom is -0.345 e. The second-order valence-corrected chi connectivity index (χ2v) is 6.86. The van der Waals surface area contributed by atoms with Crippen molar-refractivity contribution < 1.29 is 4.79 Å². The van der Waals surface area contributed by atoms with Gasteiger partial charge in [0.25, 0.3) is 0 Å². The third-order valence-electron chi connectivity index (χ3n) is 3.54. The lowest BCUT2D eigenvalue weighted by atomic mass is 10.1. The smallest absolute Gasteiger partial charge is 0.240 e. The predicted octanol–water partition coefficient (Wildman–Crippen LogP) is 3.06. The van der Waals surface area contributed by atoms with Crippen LogP contribution >= 0.6 is 22.7 Å². The SMILES string of the molecule is CCc1nccn1CC(=O)N[C@@H](Cc1ccsc1)c1nccs1. The summed E-state index contributed by atoms with van der Waals surface area (Å²) in [6.07, 6.45) is 6.92. The highest BCUT2D eigenvalue weighted by atomic mass is 32.1. The third kappa shape index (κ3) is 4.05. The molecule has 1 amide bonds. The topological polar surface area (TPSA) is 59.8 Å². The van der Waals surface area contributed by atoms with Crippen LogP contribution in [0.5, 0.6) is 0 Å². The average Bonchev–Trinajstić information content (AvgIpc) is 3.29. The molecule has 3 aromatic heterocycles. The van der Waals surface area contributed by atoms with E-state index in [1.165, 1.54) is 5.56 Å². The average molecular weight is 346 g/mol. The van der Waals surface area contributed by atoms with E-state index < -0.39 is 0 Å². The second kappa shape index (κ2) is 7.52. The van der Waals surface area contributed by atoms with Gasteiger partial charge in [-0.25, -0.2) is 9.97 Å². The van der Waals surface area contributed by atoms with Gasteiger partial charge in [-0.15, -0.1) is 11.3 Å². The molecule has 0 bridgehead atoms. The Morgan fingerprint density at radius 3 is 2.96 bits per heavy atom. The van der Waals surface area contributed by atoms with Crippen molar-refractivity contribution in [2.45, 2.75) is 32.4 Å². The molecule has 7 heteroatoms. The van der Waals surface area contributed by atoms with Crippen molar-refractivity contribution in [1.82, 2.24) is 19.9 Å². The zero-order valence-corrected chi connectivity index (χ0v) is 14.4. The zero-order valence-electron chi connectivity index (χ0n) is 12.8. The number of carbonyl (C=O) groups excluding carboxylic acids is 1. The van der Waals surface area contributed by atoms with Crippen LogP contribution in [0.4, 0.5) is 0 Å². The van der Waals surface area contributed by atoms with E-state index in [1.807, 2.05) is 23.1 Å². The second-order valence-electron chi connectivity index (χ2n) is 5.15. The van der Waals surface area contributed by atoms with Gasteiger partial charge in [0.1, 0.15) is 17.4 Å². The number of amides is 1. The number of imidazole rings is 1. The summed E-state index contributed by atoms with van der Waals surface area (Å²) < 4.78 is 1.89. The number of thiophene rings is 1. The molecule has 3 rings (SSSR count). The van der Waals surface area contributed by atoms with E-state index in [0.29, 0.717) is 0 Å². The molecule has 0 aliphatic carbocycles. The summed E-state index contributed by atoms with van der Waals surface area (Å²) in [5.74, 6) is 0.900. The Bertz CT molecular complexity index is 734. The molecular weight excluding hydrogens is 328 g/mol. The lowest BCUT2D eigenvalue weighted by Crippen LogP contribution is -2.32. The number of nitrogens with one attached hydrogen (secondary N) is 1. The minimum absolute atomic E-state index is 0.0203. The number of hydrogen-bond donors (Lipinski definition) is 1. The molecule has 3 aromatic rings. The van der Waals surface area contributed by atoms with Crippen LogP contribution in [0.25, 0.3) is 0 Å². The van der Waals surface area contributed by atoms with Gasteiger partial charge in [0.15, 0.2) is 0 Å². The first-order valence-electron chi connectivity index (χ1n) is 7.46. The number of carbonyl (C=O) groups is 1. The molecule has 0 radical (unpaired) electrons. The molecule has 3 heterocycles. The Kier molecular flexibility index (Phi) is 5.19. The van der Waals surface area contributed by atoms with E-state index in [0.717, 1.165) is 23.7 Å². The molecule has 0 spiro atoms. The van der Waals surface area contributed by atoms with Crippen molar-refractivity contribution in [3.63, 3.8) is 0 Å². The number of thiazole rings is 1. The van der Waals surface area contributed by atoms with Gasteiger partial charge in [-0.1, -0.05) is 6.92 Å². The molecular formula is C16H18N4OS2. The normalized spacial score (nSPS) is 12.2. The Hall–Kier alpha value is -1.99. The first kappa shape index (κ1) is 15.9. The van der Waals surface area contributed by atoms with Gasteiger partial charge >= 0.3 is 0 Å². The Morgan fingerprint density at radius 2 is 2.26 bits per heavy atom. The van der Waals surface area contributed by atoms with Crippen LogP contribution in [0.2, 0.25) is 0 Å². The number of rotatable bonds is 7. The van der Waals surface area contributed by atoms with Gasteiger partial charge in [0.05, 0.1) is 6.04 Å². The molecule has 5 nitrogen and oxygen atoms in total. The highest BCUT2D eigenvalue weighted by Gasteiger charge is 2.18. The van der Waals surface area contributed by atoms with Crippen molar-refractivity contribution in [2.75, 3.05) is 0 Å². The molecule has 0 saturated heterocycles. The number of aryl methyl sites for hydroxylation is 1. The first-order valence-corrected chi connectivity index (χ1v) is 9.28. The van der Waals surface area contributed by atoms with Crippen molar-refractivity contribution in [3.05, 3.63) is 57.2 Å². The monoisotopic (exact) mass is 346 g/mol. The van der Waals surface area contributed by atoms with Crippen molar-refractivity contribution in [3.8, 4) is 0 Å². The zero-order chi connectivity index (χ0) is 16.1. The summed E-state index contributed by atoms with van der Waals surface area (Å²) >= 11 is 3.23. The summed E-state index contributed by atoms with van der Waals surface area (Å²) in [6.45, 7) is 2.32. The maximum Gasteiger partial charge on any atom is 0.240 e. The molecule has 1 N–H and O–H groups in total. The van der Waals surface area contributed by atoms with Crippen LogP contribution in [0.15, 0.2) is 40.8 Å². The number of hydrogen-bond acceptors (Lipinski definition) is 5. The van der Waals surface area contributed by atoms with E-state index in [4.69, 9.17) is 0 Å². The summed E-state index contributed by atoms with van der Waals surface area (Å²) in [7, 11) is 0. The number of aromatic nitrogens is 3. The Labute approximate surface area is 143 Å². The highest BCUT2D eigenvalue weighted by Crippen LogP contribution is 2.21. The number of nitrogens with zero attached hydrogens (tertiary/aromatic N) is 3. The quantitative estimate of drug-likeness (QED) is 0.715. The maximum absolute atomic E-state index is 12.4. The summed E-state index contributed by atoms with van der Waals surface area (Å²) in [5.41, 5.74) is 1.22. The van der Waals surface area contributed by atoms with Crippen LogP contribution in [-0.2, 0) is 24.2 Å². The molecule has 0 saturated carbocycles. The molecule has 0 unspecified atom stereocenters. The summed E-state index contributed by atoms with van der Waals surface area (Å²) in [6, 6.07) is 1.99. The summed E-state index contributed by atoms with van der Waals surface area (Å²) in [5, 5.41) is 10.1. The van der Waals surface area contributed by atoms with Crippen LogP contribution in [0.1, 0.15) is 29.4 Å². The largest absolute Gasteiger partial charge is 0.345 e. The summed E-state index contributed by atoms with van der Waals surface area (Å²) in [4.78, 5) is 21.1. The van der Waals surface area contributed by atoms with Crippen molar-refractivity contribution >= 4 is 28.6 Å².